The summed E-state index contributed by atoms with van der Waals surface area (Å²) in [6.45, 7) is 2.18. The Morgan fingerprint density at radius 3 is 2.47 bits per heavy atom. The third kappa shape index (κ3) is 4.32. The molecule has 0 spiro atoms. The van der Waals surface area contributed by atoms with Gasteiger partial charge in [-0.1, -0.05) is 37.1 Å². The molecule has 1 fully saturated rings. The topological polar surface area (TPSA) is 37.3 Å². The van der Waals surface area contributed by atoms with E-state index in [1.54, 1.807) is 0 Å². The quantitative estimate of drug-likeness (QED) is 0.753. The van der Waals surface area contributed by atoms with Gasteiger partial charge in [0.1, 0.15) is 0 Å². The minimum absolute atomic E-state index is 0.000000000000000444. The minimum atomic E-state index is -0.619. The Kier molecular flexibility index (Phi) is 5.16. The van der Waals surface area contributed by atoms with Crippen LogP contribution in [-0.4, -0.2) is 11.1 Å². The lowest BCUT2D eigenvalue weighted by atomic mass is 9.86. The molecule has 83 valence electrons. The van der Waals surface area contributed by atoms with Gasteiger partial charge in [-0.15, -0.1) is 0 Å². The maximum Gasteiger partial charge on any atom is 0.306 e. The largest absolute Gasteiger partial charge is 0.481 e. The van der Waals surface area contributed by atoms with Crippen molar-refractivity contribution in [2.75, 3.05) is 0 Å². The Balaban J connectivity index is 0.000000151. The third-order valence-electron chi connectivity index (χ3n) is 2.80. The first-order valence-corrected chi connectivity index (χ1v) is 5.65. The van der Waals surface area contributed by atoms with E-state index >= 15 is 0 Å². The van der Waals surface area contributed by atoms with E-state index in [2.05, 4.69) is 31.6 Å². The highest BCUT2D eigenvalue weighted by molar-refractivity contribution is 5.70. The zero-order valence-electron chi connectivity index (χ0n) is 9.28. The van der Waals surface area contributed by atoms with Crippen molar-refractivity contribution in [2.24, 2.45) is 5.92 Å². The van der Waals surface area contributed by atoms with Gasteiger partial charge in [0, 0.05) is 0 Å². The molecule has 15 heavy (non-hydrogen) atoms. The second-order valence-corrected chi connectivity index (χ2v) is 3.93. The first-order valence-electron chi connectivity index (χ1n) is 5.65. The minimum Gasteiger partial charge on any atom is -0.481 e. The lowest BCUT2D eigenvalue weighted by Crippen LogP contribution is -2.20. The molecule has 2 heteroatoms. The van der Waals surface area contributed by atoms with Crippen molar-refractivity contribution in [3.05, 3.63) is 30.2 Å². The Morgan fingerprint density at radius 1 is 1.53 bits per heavy atom. The number of carboxylic acids is 1. The predicted octanol–water partition coefficient (Wildman–Crippen LogP) is 3.36. The number of carbonyl (C=O) groups is 1. The number of allylic oxidation sites excluding steroid dienone is 4. The highest BCUT2D eigenvalue weighted by Gasteiger charge is 2.23. The number of rotatable bonds is 2. The molecule has 1 radical (unpaired) electrons. The summed E-state index contributed by atoms with van der Waals surface area (Å²) < 4.78 is 0. The second-order valence-electron chi connectivity index (χ2n) is 3.93. The van der Waals surface area contributed by atoms with E-state index in [1.807, 2.05) is 0 Å². The molecule has 1 saturated carbocycles. The van der Waals surface area contributed by atoms with Crippen LogP contribution in [0.15, 0.2) is 23.8 Å². The highest BCUT2D eigenvalue weighted by atomic mass is 16.4. The zero-order chi connectivity index (χ0) is 11.1. The maximum atomic E-state index is 9.98. The summed E-state index contributed by atoms with van der Waals surface area (Å²) in [5.74, 6) is -0.619. The van der Waals surface area contributed by atoms with Gasteiger partial charge in [0.25, 0.3) is 0 Å². The Morgan fingerprint density at radius 2 is 2.27 bits per heavy atom. The van der Waals surface area contributed by atoms with Gasteiger partial charge in [-0.3, -0.25) is 4.79 Å². The second kappa shape index (κ2) is 6.44. The summed E-state index contributed by atoms with van der Waals surface area (Å²) in [6.07, 6.45) is 14.0. The maximum absolute atomic E-state index is 9.98. The SMILES string of the molecule is CCC1=C[CH]CC=C1.O=C(O)C1CCC1. The van der Waals surface area contributed by atoms with Crippen LogP contribution in [0.25, 0.3) is 0 Å². The van der Waals surface area contributed by atoms with Gasteiger partial charge in [-0.05, 0) is 32.1 Å². The number of aliphatic carboxylic acids is 1. The lowest BCUT2D eigenvalue weighted by molar-refractivity contribution is -0.144. The fourth-order valence-electron chi connectivity index (χ4n) is 1.46. The van der Waals surface area contributed by atoms with Crippen LogP contribution in [0.4, 0.5) is 0 Å². The average Bonchev–Trinajstić information content (AvgIpc) is 2.16. The Hall–Kier alpha value is -1.05. The summed E-state index contributed by atoms with van der Waals surface area (Å²) in [7, 11) is 0. The molecule has 1 N–H and O–H groups in total. The van der Waals surface area contributed by atoms with Crippen LogP contribution in [0.1, 0.15) is 39.0 Å². The van der Waals surface area contributed by atoms with Gasteiger partial charge in [-0.2, -0.15) is 0 Å². The fraction of sp³-hybridized carbons (Fsp3) is 0.538. The first kappa shape index (κ1) is 12.0. The smallest absolute Gasteiger partial charge is 0.306 e. The van der Waals surface area contributed by atoms with Crippen molar-refractivity contribution in [1.82, 2.24) is 0 Å². The molecule has 0 bridgehead atoms. The van der Waals surface area contributed by atoms with E-state index < -0.39 is 5.97 Å². The fourth-order valence-corrected chi connectivity index (χ4v) is 1.46. The van der Waals surface area contributed by atoms with Crippen molar-refractivity contribution in [1.29, 1.82) is 0 Å². The van der Waals surface area contributed by atoms with Crippen LogP contribution in [-0.2, 0) is 4.79 Å². The molecule has 0 saturated heterocycles. The van der Waals surface area contributed by atoms with Gasteiger partial charge in [0.15, 0.2) is 0 Å². The zero-order valence-corrected chi connectivity index (χ0v) is 9.28. The molecule has 0 heterocycles. The van der Waals surface area contributed by atoms with E-state index in [4.69, 9.17) is 5.11 Å². The van der Waals surface area contributed by atoms with Crippen molar-refractivity contribution in [3.8, 4) is 0 Å². The van der Waals surface area contributed by atoms with E-state index in [1.165, 1.54) is 5.57 Å². The molecule has 2 aliphatic carbocycles. The molecule has 0 aromatic heterocycles. The molecule has 0 amide bonds. The summed E-state index contributed by atoms with van der Waals surface area (Å²) in [4.78, 5) is 9.98. The molecular weight excluding hydrogens is 188 g/mol. The van der Waals surface area contributed by atoms with Crippen LogP contribution in [0.3, 0.4) is 0 Å². The van der Waals surface area contributed by atoms with Gasteiger partial charge in [0.2, 0.25) is 0 Å². The number of hydrogen-bond acceptors (Lipinski definition) is 1. The molecule has 0 aromatic carbocycles. The van der Waals surface area contributed by atoms with Gasteiger partial charge in [0.05, 0.1) is 5.92 Å². The van der Waals surface area contributed by atoms with Crippen molar-refractivity contribution in [2.45, 2.75) is 39.0 Å². The first-order chi connectivity index (χ1) is 7.24. The summed E-state index contributed by atoms with van der Waals surface area (Å²) in [6, 6.07) is 0. The molecule has 0 aromatic rings. The molecule has 0 atom stereocenters. The van der Waals surface area contributed by atoms with E-state index in [-0.39, 0.29) is 5.92 Å². The lowest BCUT2D eigenvalue weighted by Gasteiger charge is -2.19. The summed E-state index contributed by atoms with van der Waals surface area (Å²) >= 11 is 0. The van der Waals surface area contributed by atoms with Crippen LogP contribution >= 0.6 is 0 Å². The molecule has 0 aliphatic heterocycles. The van der Waals surface area contributed by atoms with Crippen LogP contribution < -0.4 is 0 Å². The molecule has 2 aliphatic rings. The summed E-state index contributed by atoms with van der Waals surface area (Å²) in [5.41, 5.74) is 1.44. The molecule has 0 unspecified atom stereocenters. The van der Waals surface area contributed by atoms with Crippen LogP contribution in [0.2, 0.25) is 0 Å². The molecule has 2 nitrogen and oxygen atoms in total. The Labute approximate surface area is 91.7 Å². The van der Waals surface area contributed by atoms with Crippen molar-refractivity contribution >= 4 is 5.97 Å². The summed E-state index contributed by atoms with van der Waals surface area (Å²) in [5, 5.41) is 8.23. The predicted molar refractivity (Wildman–Crippen MR) is 61.4 cm³/mol. The van der Waals surface area contributed by atoms with E-state index in [0.717, 1.165) is 32.1 Å². The van der Waals surface area contributed by atoms with Crippen molar-refractivity contribution < 1.29 is 9.90 Å². The van der Waals surface area contributed by atoms with E-state index in [9.17, 15) is 4.79 Å². The normalized spacial score (nSPS) is 19.7. The number of carboxylic acid groups (broad SMARTS) is 1. The standard InChI is InChI=1S/C8H11.C5H8O2/c1-2-8-6-4-3-5-7-8;6-5(7)4-2-1-3-4/h4-7H,2-3H2,1H3;4H,1-3H2,(H,6,7). The molecule has 2 rings (SSSR count). The average molecular weight is 207 g/mol. The van der Waals surface area contributed by atoms with Gasteiger partial charge < -0.3 is 5.11 Å². The third-order valence-corrected chi connectivity index (χ3v) is 2.80. The van der Waals surface area contributed by atoms with E-state index in [0.29, 0.717) is 0 Å². The van der Waals surface area contributed by atoms with Crippen LogP contribution in [0.5, 0.6) is 0 Å². The van der Waals surface area contributed by atoms with Gasteiger partial charge >= 0.3 is 5.97 Å². The highest BCUT2D eigenvalue weighted by Crippen LogP contribution is 2.25. The number of hydrogen-bond donors (Lipinski definition) is 1. The monoisotopic (exact) mass is 207 g/mol. The van der Waals surface area contributed by atoms with Crippen molar-refractivity contribution in [3.63, 3.8) is 0 Å². The van der Waals surface area contributed by atoms with Gasteiger partial charge in [-0.25, -0.2) is 0 Å². The van der Waals surface area contributed by atoms with Crippen LogP contribution in [0, 0.1) is 12.3 Å². The Bertz CT molecular complexity index is 260. The molecular formula is C13H19O2.